The average molecular weight is 573 g/mol. The summed E-state index contributed by atoms with van der Waals surface area (Å²) < 4.78 is 0. The molecule has 7 rings (SSSR count). The van der Waals surface area contributed by atoms with Gasteiger partial charge in [-0.05, 0) is 47.4 Å². The zero-order valence-corrected chi connectivity index (χ0v) is 23.8. The van der Waals surface area contributed by atoms with E-state index < -0.39 is 23.4 Å². The Morgan fingerprint density at radius 1 is 0.881 bits per heavy atom. The average Bonchev–Trinajstić information content (AvgIpc) is 3.49. The van der Waals surface area contributed by atoms with Crippen LogP contribution in [0.1, 0.15) is 50.8 Å². The largest absolute Gasteiger partial charge is 0.352 e. The molecule has 4 atom stereocenters. The first-order valence-electron chi connectivity index (χ1n) is 14.3. The number of nitrogens with one attached hydrogen (secondary N) is 1. The summed E-state index contributed by atoms with van der Waals surface area (Å²) in [5.74, 6) is -1.70. The molecule has 3 heterocycles. The highest BCUT2D eigenvalue weighted by Crippen LogP contribution is 2.58. The van der Waals surface area contributed by atoms with Gasteiger partial charge in [-0.3, -0.25) is 14.4 Å². The van der Waals surface area contributed by atoms with E-state index in [1.165, 1.54) is 0 Å². The van der Waals surface area contributed by atoms with E-state index in [0.29, 0.717) is 21.8 Å². The minimum Gasteiger partial charge on any atom is -0.352 e. The number of ketones is 2. The number of aryl methyl sites for hydroxylation is 1. The molecular formula is C36H29ClN2O3. The molecule has 1 amide bonds. The number of carbonyl (C=O) groups is 3. The monoisotopic (exact) mass is 572 g/mol. The van der Waals surface area contributed by atoms with Gasteiger partial charge in [0.2, 0.25) is 5.91 Å². The maximum Gasteiger partial charge on any atom is 0.238 e. The van der Waals surface area contributed by atoms with Crippen LogP contribution < -0.4 is 10.2 Å². The van der Waals surface area contributed by atoms with Gasteiger partial charge in [-0.25, -0.2) is 0 Å². The maximum atomic E-state index is 14.9. The Morgan fingerprint density at radius 3 is 2.36 bits per heavy atom. The van der Waals surface area contributed by atoms with E-state index in [4.69, 9.17) is 11.6 Å². The van der Waals surface area contributed by atoms with E-state index in [1.807, 2.05) is 95.9 Å². The maximum absolute atomic E-state index is 14.9. The first-order chi connectivity index (χ1) is 20.4. The summed E-state index contributed by atoms with van der Waals surface area (Å²) in [6.07, 6.45) is 5.82. The number of para-hydroxylation sites is 1. The molecule has 0 unspecified atom stereocenters. The molecule has 0 aromatic heterocycles. The van der Waals surface area contributed by atoms with Crippen molar-refractivity contribution in [1.82, 2.24) is 0 Å². The lowest BCUT2D eigenvalue weighted by atomic mass is 9.64. The Kier molecular flexibility index (Phi) is 6.36. The number of halogens is 1. The summed E-state index contributed by atoms with van der Waals surface area (Å²) in [7, 11) is 0. The van der Waals surface area contributed by atoms with Crippen molar-refractivity contribution in [2.75, 3.05) is 10.2 Å². The van der Waals surface area contributed by atoms with Gasteiger partial charge < -0.3 is 10.2 Å². The number of anilines is 2. The predicted octanol–water partition coefficient (Wildman–Crippen LogP) is 7.15. The fourth-order valence-corrected chi connectivity index (χ4v) is 7.41. The first kappa shape index (κ1) is 26.4. The number of fused-ring (bicyclic) bond motifs is 6. The molecule has 3 aliphatic rings. The standard InChI is InChI=1S/C36H29ClN2O3/c1-2-8-22-13-15-24(16-14-22)33(40)31-32(34(41)23-9-4-3-5-10-23)39-29-19-18-26(37)21-25(29)17-20-30(39)36(31)27-11-6-7-12-28(27)38-35(36)42/h3-7,9-21,30-32H,2,8H2,1H3,(H,38,42)/t30-,31-,32+,36+/m1/s1. The Labute approximate surface area is 249 Å². The zero-order chi connectivity index (χ0) is 29.0. The SMILES string of the molecule is CCCc1ccc(C(=O)[C@H]2[C@@H](C(=O)c3ccccc3)N3c4ccc(Cl)cc4C=C[C@@H]3[C@]23C(=O)Nc2ccccc23)cc1. The summed E-state index contributed by atoms with van der Waals surface area (Å²) in [5, 5.41) is 3.64. The number of amides is 1. The molecular weight excluding hydrogens is 544 g/mol. The van der Waals surface area contributed by atoms with Crippen LogP contribution in [0, 0.1) is 5.92 Å². The van der Waals surface area contributed by atoms with Gasteiger partial charge >= 0.3 is 0 Å². The highest BCUT2D eigenvalue weighted by molar-refractivity contribution is 6.31. The Hall–Kier alpha value is -4.48. The Balaban J connectivity index is 1.50. The molecule has 1 saturated heterocycles. The lowest BCUT2D eigenvalue weighted by Crippen LogP contribution is -2.51. The van der Waals surface area contributed by atoms with Crippen molar-refractivity contribution >= 4 is 46.5 Å². The molecule has 0 saturated carbocycles. The minimum atomic E-state index is -1.33. The van der Waals surface area contributed by atoms with E-state index in [-0.39, 0.29) is 17.5 Å². The third-order valence-corrected chi connectivity index (χ3v) is 9.22. The van der Waals surface area contributed by atoms with Crippen LogP contribution in [0.3, 0.4) is 0 Å². The molecule has 1 N–H and O–H groups in total. The lowest BCUT2D eigenvalue weighted by molar-refractivity contribution is -0.121. The number of hydrogen-bond donors (Lipinski definition) is 1. The van der Waals surface area contributed by atoms with Gasteiger partial charge in [-0.1, -0.05) is 110 Å². The molecule has 1 fully saturated rings. The second-order valence-corrected chi connectivity index (χ2v) is 11.7. The molecule has 4 aromatic rings. The molecule has 0 bridgehead atoms. The number of carbonyl (C=O) groups excluding carboxylic acids is 3. The molecule has 3 aliphatic heterocycles. The number of rotatable bonds is 6. The molecule has 1 spiro atoms. The second-order valence-electron chi connectivity index (χ2n) is 11.2. The van der Waals surface area contributed by atoms with Gasteiger partial charge in [-0.15, -0.1) is 0 Å². The summed E-state index contributed by atoms with van der Waals surface area (Å²) in [5.41, 5.74) is 3.79. The number of hydrogen-bond acceptors (Lipinski definition) is 4. The van der Waals surface area contributed by atoms with Crippen LogP contribution in [-0.2, 0) is 16.6 Å². The molecule has 208 valence electrons. The van der Waals surface area contributed by atoms with E-state index in [2.05, 4.69) is 12.2 Å². The molecule has 0 aliphatic carbocycles. The van der Waals surface area contributed by atoms with Crippen molar-refractivity contribution in [3.05, 3.63) is 136 Å². The van der Waals surface area contributed by atoms with Crippen LogP contribution in [-0.4, -0.2) is 29.6 Å². The van der Waals surface area contributed by atoms with Crippen molar-refractivity contribution in [1.29, 1.82) is 0 Å². The Morgan fingerprint density at radius 2 is 1.60 bits per heavy atom. The zero-order valence-electron chi connectivity index (χ0n) is 23.1. The quantitative estimate of drug-likeness (QED) is 0.249. The van der Waals surface area contributed by atoms with Crippen LogP contribution in [0.15, 0.2) is 103 Å². The first-order valence-corrected chi connectivity index (χ1v) is 14.7. The van der Waals surface area contributed by atoms with Gasteiger partial charge in [-0.2, -0.15) is 0 Å². The normalized spacial score (nSPS) is 23.3. The Bertz CT molecular complexity index is 1760. The fourth-order valence-electron chi connectivity index (χ4n) is 7.23. The third kappa shape index (κ3) is 3.80. The predicted molar refractivity (Wildman–Crippen MR) is 166 cm³/mol. The van der Waals surface area contributed by atoms with Crippen LogP contribution in [0.2, 0.25) is 5.02 Å². The van der Waals surface area contributed by atoms with E-state index in [9.17, 15) is 14.4 Å². The van der Waals surface area contributed by atoms with Crippen LogP contribution in [0.4, 0.5) is 11.4 Å². The smallest absolute Gasteiger partial charge is 0.238 e. The summed E-state index contributed by atoms with van der Waals surface area (Å²) >= 11 is 6.38. The van der Waals surface area contributed by atoms with Crippen LogP contribution >= 0.6 is 11.6 Å². The fraction of sp³-hybridized carbons (Fsp3) is 0.194. The molecule has 5 nitrogen and oxygen atoms in total. The number of nitrogens with zero attached hydrogens (tertiary/aromatic N) is 1. The summed E-state index contributed by atoms with van der Waals surface area (Å²) in [6, 6.07) is 28.2. The van der Waals surface area contributed by atoms with Gasteiger partial charge in [0, 0.05) is 27.5 Å². The van der Waals surface area contributed by atoms with Crippen LogP contribution in [0.25, 0.3) is 6.08 Å². The third-order valence-electron chi connectivity index (χ3n) is 8.98. The van der Waals surface area contributed by atoms with Crippen molar-refractivity contribution < 1.29 is 14.4 Å². The van der Waals surface area contributed by atoms with Gasteiger partial charge in [0.05, 0.1) is 12.0 Å². The molecule has 6 heteroatoms. The van der Waals surface area contributed by atoms with Gasteiger partial charge in [0.1, 0.15) is 11.5 Å². The number of benzene rings is 4. The highest BCUT2D eigenvalue weighted by atomic mass is 35.5. The molecule has 4 aromatic carbocycles. The van der Waals surface area contributed by atoms with Crippen molar-refractivity contribution in [2.24, 2.45) is 5.92 Å². The van der Waals surface area contributed by atoms with Crippen molar-refractivity contribution in [2.45, 2.75) is 37.3 Å². The second kappa shape index (κ2) is 10.1. The topological polar surface area (TPSA) is 66.5 Å². The van der Waals surface area contributed by atoms with E-state index >= 15 is 0 Å². The highest BCUT2D eigenvalue weighted by Gasteiger charge is 2.70. The molecule has 42 heavy (non-hydrogen) atoms. The van der Waals surface area contributed by atoms with Crippen LogP contribution in [0.5, 0.6) is 0 Å². The van der Waals surface area contributed by atoms with Crippen molar-refractivity contribution in [3.63, 3.8) is 0 Å². The lowest BCUT2D eigenvalue weighted by Gasteiger charge is -2.37. The van der Waals surface area contributed by atoms with Crippen molar-refractivity contribution in [3.8, 4) is 0 Å². The van der Waals surface area contributed by atoms with Gasteiger partial charge in [0.15, 0.2) is 11.6 Å². The van der Waals surface area contributed by atoms with Gasteiger partial charge in [0.25, 0.3) is 0 Å². The minimum absolute atomic E-state index is 0.202. The van der Waals surface area contributed by atoms with E-state index in [0.717, 1.165) is 35.2 Å². The molecule has 0 radical (unpaired) electrons. The number of Topliss-reactive ketones (excluding diaryl/α,β-unsaturated/α-hetero) is 2. The van der Waals surface area contributed by atoms with E-state index in [1.54, 1.807) is 18.2 Å². The summed E-state index contributed by atoms with van der Waals surface area (Å²) in [4.78, 5) is 45.9. The summed E-state index contributed by atoms with van der Waals surface area (Å²) in [6.45, 7) is 2.12.